The molecule has 3 heteroatoms. The Bertz CT molecular complexity index is 865. The second-order valence-corrected chi connectivity index (χ2v) is 6.20. The van der Waals surface area contributed by atoms with Crippen LogP contribution in [0.15, 0.2) is 91.0 Å². The molecule has 1 aliphatic rings. The largest absolute Gasteiger partial charge is 0.295 e. The SMILES string of the molecule is O=C1NC(=O)C(c2ccccc2)(c2ccccc2)C1c1ccccc1. The second kappa shape index (κ2) is 6.02. The molecule has 1 atom stereocenters. The highest BCUT2D eigenvalue weighted by atomic mass is 16.2. The van der Waals surface area contributed by atoms with Gasteiger partial charge in [0.1, 0.15) is 5.41 Å². The van der Waals surface area contributed by atoms with Gasteiger partial charge in [0, 0.05) is 0 Å². The highest BCUT2D eigenvalue weighted by Crippen LogP contribution is 2.48. The zero-order chi connectivity index (χ0) is 17.3. The van der Waals surface area contributed by atoms with Gasteiger partial charge in [-0.1, -0.05) is 91.0 Å². The summed E-state index contributed by atoms with van der Waals surface area (Å²) >= 11 is 0. The van der Waals surface area contributed by atoms with Gasteiger partial charge in [0.2, 0.25) is 11.8 Å². The van der Waals surface area contributed by atoms with E-state index in [1.54, 1.807) is 0 Å². The molecule has 1 heterocycles. The van der Waals surface area contributed by atoms with Gasteiger partial charge in [-0.05, 0) is 16.7 Å². The average molecular weight is 327 g/mol. The fourth-order valence-corrected chi connectivity index (χ4v) is 3.82. The lowest BCUT2D eigenvalue weighted by molar-refractivity contribution is -0.126. The van der Waals surface area contributed by atoms with Crippen molar-refractivity contribution >= 4 is 11.8 Å². The van der Waals surface area contributed by atoms with Gasteiger partial charge >= 0.3 is 0 Å². The molecule has 0 saturated carbocycles. The lowest BCUT2D eigenvalue weighted by Gasteiger charge is -2.33. The monoisotopic (exact) mass is 327 g/mol. The number of imide groups is 1. The Labute approximate surface area is 146 Å². The van der Waals surface area contributed by atoms with Crippen molar-refractivity contribution in [1.29, 1.82) is 0 Å². The molecule has 3 aromatic rings. The van der Waals surface area contributed by atoms with E-state index in [1.807, 2.05) is 91.0 Å². The number of carbonyl (C=O) groups is 2. The zero-order valence-electron chi connectivity index (χ0n) is 13.6. The molecule has 1 fully saturated rings. The van der Waals surface area contributed by atoms with Crippen molar-refractivity contribution in [3.05, 3.63) is 108 Å². The van der Waals surface area contributed by atoms with Crippen LogP contribution < -0.4 is 5.32 Å². The van der Waals surface area contributed by atoms with Crippen molar-refractivity contribution < 1.29 is 9.59 Å². The number of amides is 2. The quantitative estimate of drug-likeness (QED) is 0.749. The summed E-state index contributed by atoms with van der Waals surface area (Å²) in [7, 11) is 0. The minimum Gasteiger partial charge on any atom is -0.295 e. The second-order valence-electron chi connectivity index (χ2n) is 6.20. The smallest absolute Gasteiger partial charge is 0.242 e. The molecule has 4 rings (SSSR count). The summed E-state index contributed by atoms with van der Waals surface area (Å²) in [5.41, 5.74) is 1.40. The van der Waals surface area contributed by atoms with Crippen LogP contribution in [0.2, 0.25) is 0 Å². The molecule has 1 N–H and O–H groups in total. The number of rotatable bonds is 3. The molecule has 122 valence electrons. The lowest BCUT2D eigenvalue weighted by Crippen LogP contribution is -2.40. The number of nitrogens with one attached hydrogen (secondary N) is 1. The maximum Gasteiger partial charge on any atom is 0.242 e. The number of benzene rings is 3. The Morgan fingerprint density at radius 1 is 0.640 bits per heavy atom. The molecule has 1 saturated heterocycles. The minimum atomic E-state index is -1.07. The van der Waals surface area contributed by atoms with E-state index in [0.29, 0.717) is 0 Å². The molecule has 2 amide bonds. The molecule has 0 aliphatic carbocycles. The van der Waals surface area contributed by atoms with Crippen LogP contribution >= 0.6 is 0 Å². The van der Waals surface area contributed by atoms with E-state index in [4.69, 9.17) is 0 Å². The topological polar surface area (TPSA) is 46.2 Å². The van der Waals surface area contributed by atoms with Gasteiger partial charge in [0.25, 0.3) is 0 Å². The zero-order valence-corrected chi connectivity index (χ0v) is 13.6. The van der Waals surface area contributed by atoms with Crippen molar-refractivity contribution in [3.8, 4) is 0 Å². The first kappa shape index (κ1) is 15.3. The van der Waals surface area contributed by atoms with Crippen LogP contribution in [0.4, 0.5) is 0 Å². The fourth-order valence-electron chi connectivity index (χ4n) is 3.82. The Hall–Kier alpha value is -3.20. The molecule has 1 aliphatic heterocycles. The summed E-state index contributed by atoms with van der Waals surface area (Å²) in [5, 5.41) is 2.58. The van der Waals surface area contributed by atoms with E-state index < -0.39 is 11.3 Å². The summed E-state index contributed by atoms with van der Waals surface area (Å²) in [6.07, 6.45) is 0. The van der Waals surface area contributed by atoms with Crippen LogP contribution in [0.1, 0.15) is 22.6 Å². The van der Waals surface area contributed by atoms with E-state index in [0.717, 1.165) is 16.7 Å². The fraction of sp³-hybridized carbons (Fsp3) is 0.0909. The third-order valence-electron chi connectivity index (χ3n) is 4.88. The highest BCUT2D eigenvalue weighted by molar-refractivity contribution is 6.15. The van der Waals surface area contributed by atoms with Crippen LogP contribution in [0.5, 0.6) is 0 Å². The van der Waals surface area contributed by atoms with Crippen molar-refractivity contribution in [3.63, 3.8) is 0 Å². The number of hydrogen-bond donors (Lipinski definition) is 1. The van der Waals surface area contributed by atoms with E-state index in [-0.39, 0.29) is 11.8 Å². The van der Waals surface area contributed by atoms with E-state index >= 15 is 0 Å². The minimum absolute atomic E-state index is 0.260. The predicted octanol–water partition coefficient (Wildman–Crippen LogP) is 3.41. The standard InChI is InChI=1S/C22H17NO2/c24-20-19(16-10-4-1-5-11-16)22(21(25)23-20,17-12-6-2-7-13-17)18-14-8-3-9-15-18/h1-15,19H,(H,23,24,25). The summed E-state index contributed by atoms with van der Waals surface area (Å²) in [6.45, 7) is 0. The summed E-state index contributed by atoms with van der Waals surface area (Å²) in [5.74, 6) is -1.14. The third-order valence-corrected chi connectivity index (χ3v) is 4.88. The van der Waals surface area contributed by atoms with E-state index in [2.05, 4.69) is 5.32 Å². The third kappa shape index (κ3) is 2.28. The van der Waals surface area contributed by atoms with Crippen molar-refractivity contribution in [2.75, 3.05) is 0 Å². The molecule has 0 spiro atoms. The lowest BCUT2D eigenvalue weighted by atomic mass is 9.65. The van der Waals surface area contributed by atoms with Gasteiger partial charge in [-0.3, -0.25) is 14.9 Å². The van der Waals surface area contributed by atoms with E-state index in [1.165, 1.54) is 0 Å². The van der Waals surface area contributed by atoms with Crippen molar-refractivity contribution in [2.45, 2.75) is 11.3 Å². The Morgan fingerprint density at radius 2 is 1.08 bits per heavy atom. The molecule has 25 heavy (non-hydrogen) atoms. The maximum absolute atomic E-state index is 13.2. The normalized spacial score (nSPS) is 18.8. The van der Waals surface area contributed by atoms with Crippen LogP contribution in [0.3, 0.4) is 0 Å². The van der Waals surface area contributed by atoms with Crippen LogP contribution in [-0.2, 0) is 15.0 Å². The first-order valence-corrected chi connectivity index (χ1v) is 8.26. The molecular formula is C22H17NO2. The van der Waals surface area contributed by atoms with Gasteiger partial charge in [-0.25, -0.2) is 0 Å². The van der Waals surface area contributed by atoms with Gasteiger partial charge in [0.15, 0.2) is 0 Å². The molecule has 3 aromatic carbocycles. The van der Waals surface area contributed by atoms with Crippen LogP contribution in [0.25, 0.3) is 0 Å². The molecule has 0 radical (unpaired) electrons. The first-order valence-electron chi connectivity index (χ1n) is 8.26. The van der Waals surface area contributed by atoms with Crippen LogP contribution in [-0.4, -0.2) is 11.8 Å². The van der Waals surface area contributed by atoms with Crippen molar-refractivity contribution in [1.82, 2.24) is 5.32 Å². The summed E-state index contributed by atoms with van der Waals surface area (Å²) < 4.78 is 0. The first-order chi connectivity index (χ1) is 12.2. The predicted molar refractivity (Wildman–Crippen MR) is 96.0 cm³/mol. The Morgan fingerprint density at radius 3 is 1.56 bits per heavy atom. The molecule has 1 unspecified atom stereocenters. The summed E-state index contributed by atoms with van der Waals surface area (Å²) in [6, 6.07) is 28.6. The van der Waals surface area contributed by atoms with E-state index in [9.17, 15) is 9.59 Å². The molecule has 0 bridgehead atoms. The maximum atomic E-state index is 13.2. The molecular weight excluding hydrogens is 310 g/mol. The highest BCUT2D eigenvalue weighted by Gasteiger charge is 2.57. The van der Waals surface area contributed by atoms with Crippen molar-refractivity contribution in [2.24, 2.45) is 0 Å². The average Bonchev–Trinajstić information content (AvgIpc) is 2.94. The van der Waals surface area contributed by atoms with Crippen LogP contribution in [0, 0.1) is 0 Å². The van der Waals surface area contributed by atoms with Gasteiger partial charge in [-0.15, -0.1) is 0 Å². The summed E-state index contributed by atoms with van der Waals surface area (Å²) in [4.78, 5) is 26.0. The van der Waals surface area contributed by atoms with Gasteiger partial charge in [0.05, 0.1) is 5.92 Å². The number of hydrogen-bond acceptors (Lipinski definition) is 2. The number of carbonyl (C=O) groups excluding carboxylic acids is 2. The molecule has 0 aromatic heterocycles. The molecule has 3 nitrogen and oxygen atoms in total. The van der Waals surface area contributed by atoms with Gasteiger partial charge in [-0.2, -0.15) is 0 Å². The Balaban J connectivity index is 2.05. The van der Waals surface area contributed by atoms with Gasteiger partial charge < -0.3 is 0 Å². The Kier molecular flexibility index (Phi) is 3.69.